The van der Waals surface area contributed by atoms with Gasteiger partial charge in [-0.15, -0.1) is 0 Å². The minimum atomic E-state index is -3.05. The van der Waals surface area contributed by atoms with Crippen molar-refractivity contribution in [3.05, 3.63) is 29.3 Å². The Morgan fingerprint density at radius 1 is 1.08 bits per heavy atom. The first-order valence-electron chi connectivity index (χ1n) is 9.33. The molecular formula is C19H31N3O2S. The van der Waals surface area contributed by atoms with Gasteiger partial charge in [-0.05, 0) is 49.8 Å². The van der Waals surface area contributed by atoms with E-state index >= 15 is 0 Å². The number of rotatable bonds is 4. The van der Waals surface area contributed by atoms with Crippen molar-refractivity contribution in [2.45, 2.75) is 26.7 Å². The van der Waals surface area contributed by atoms with Gasteiger partial charge in [-0.1, -0.05) is 12.1 Å². The van der Waals surface area contributed by atoms with Crippen molar-refractivity contribution in [1.29, 1.82) is 0 Å². The number of nitrogens with zero attached hydrogens (tertiary/aromatic N) is 3. The highest BCUT2D eigenvalue weighted by molar-refractivity contribution is 7.88. The number of hydrogen-bond donors (Lipinski definition) is 0. The summed E-state index contributed by atoms with van der Waals surface area (Å²) in [4.78, 5) is 5.00. The van der Waals surface area contributed by atoms with E-state index in [9.17, 15) is 8.42 Å². The maximum Gasteiger partial charge on any atom is 0.211 e. The predicted octanol–water partition coefficient (Wildman–Crippen LogP) is 2.10. The Hall–Kier alpha value is -1.11. The van der Waals surface area contributed by atoms with E-state index in [1.54, 1.807) is 4.31 Å². The molecule has 1 aromatic rings. The van der Waals surface area contributed by atoms with Gasteiger partial charge >= 0.3 is 0 Å². The number of hydrogen-bond acceptors (Lipinski definition) is 4. The van der Waals surface area contributed by atoms with Gasteiger partial charge in [0.1, 0.15) is 0 Å². The van der Waals surface area contributed by atoms with Crippen molar-refractivity contribution < 1.29 is 8.42 Å². The molecule has 0 saturated carbocycles. The molecule has 0 radical (unpaired) electrons. The van der Waals surface area contributed by atoms with Crippen LogP contribution < -0.4 is 4.90 Å². The Morgan fingerprint density at radius 3 is 2.48 bits per heavy atom. The Labute approximate surface area is 152 Å². The molecule has 0 amide bonds. The van der Waals surface area contributed by atoms with Crippen LogP contribution in [0.25, 0.3) is 0 Å². The van der Waals surface area contributed by atoms with Gasteiger partial charge in [-0.2, -0.15) is 0 Å². The Balaban J connectivity index is 1.53. The van der Waals surface area contributed by atoms with Crippen LogP contribution >= 0.6 is 0 Å². The van der Waals surface area contributed by atoms with E-state index in [0.29, 0.717) is 19.0 Å². The molecule has 3 rings (SSSR count). The molecule has 2 saturated heterocycles. The third-order valence-electron chi connectivity index (χ3n) is 5.76. The summed E-state index contributed by atoms with van der Waals surface area (Å²) < 4.78 is 25.2. The van der Waals surface area contributed by atoms with Crippen LogP contribution in [0.3, 0.4) is 0 Å². The zero-order valence-corrected chi connectivity index (χ0v) is 16.6. The molecule has 0 aromatic heterocycles. The van der Waals surface area contributed by atoms with Crippen molar-refractivity contribution in [3.63, 3.8) is 0 Å². The van der Waals surface area contributed by atoms with Gasteiger partial charge in [0.25, 0.3) is 0 Å². The Bertz CT molecular complexity index is 697. The van der Waals surface area contributed by atoms with Crippen LogP contribution in [-0.2, 0) is 10.0 Å². The van der Waals surface area contributed by atoms with Crippen LogP contribution in [0.5, 0.6) is 0 Å². The zero-order chi connectivity index (χ0) is 18.0. The molecule has 140 valence electrons. The van der Waals surface area contributed by atoms with E-state index in [0.717, 1.165) is 45.6 Å². The number of piperidine rings is 1. The topological polar surface area (TPSA) is 43.9 Å². The third-order valence-corrected chi connectivity index (χ3v) is 7.03. The molecule has 2 fully saturated rings. The van der Waals surface area contributed by atoms with Crippen molar-refractivity contribution in [2.24, 2.45) is 5.92 Å². The number of aryl methyl sites for hydroxylation is 1. The summed E-state index contributed by atoms with van der Waals surface area (Å²) in [6, 6.07) is 6.54. The van der Waals surface area contributed by atoms with Crippen molar-refractivity contribution >= 4 is 15.7 Å². The van der Waals surface area contributed by atoms with E-state index in [1.165, 1.54) is 23.1 Å². The lowest BCUT2D eigenvalue weighted by Gasteiger charge is -2.40. The largest absolute Gasteiger partial charge is 0.369 e. The van der Waals surface area contributed by atoms with Gasteiger partial charge in [0.05, 0.1) is 6.26 Å². The molecule has 0 bridgehead atoms. The second kappa shape index (κ2) is 7.64. The fourth-order valence-electron chi connectivity index (χ4n) is 4.09. The average Bonchev–Trinajstić information content (AvgIpc) is 2.58. The molecule has 1 aromatic carbocycles. The van der Waals surface area contributed by atoms with Gasteiger partial charge in [-0.25, -0.2) is 12.7 Å². The fraction of sp³-hybridized carbons (Fsp3) is 0.684. The highest BCUT2D eigenvalue weighted by Crippen LogP contribution is 2.25. The van der Waals surface area contributed by atoms with Gasteiger partial charge in [-0.3, -0.25) is 4.90 Å². The monoisotopic (exact) mass is 365 g/mol. The number of sulfonamides is 1. The third kappa shape index (κ3) is 4.54. The second-order valence-corrected chi connectivity index (χ2v) is 9.62. The number of benzene rings is 1. The average molecular weight is 366 g/mol. The maximum atomic E-state index is 11.8. The molecule has 1 atom stereocenters. The van der Waals surface area contributed by atoms with Crippen LogP contribution in [0, 0.1) is 19.8 Å². The molecule has 5 nitrogen and oxygen atoms in total. The lowest BCUT2D eigenvalue weighted by molar-refractivity contribution is 0.172. The van der Waals surface area contributed by atoms with E-state index in [4.69, 9.17) is 0 Å². The lowest BCUT2D eigenvalue weighted by atomic mass is 9.98. The SMILES string of the molecule is Cc1cccc(N2CCN(CC3CCCN(S(C)(=O)=O)C3)CC2)c1C. The smallest absolute Gasteiger partial charge is 0.211 e. The highest BCUT2D eigenvalue weighted by Gasteiger charge is 2.28. The summed E-state index contributed by atoms with van der Waals surface area (Å²) in [6.07, 6.45) is 3.46. The van der Waals surface area contributed by atoms with E-state index in [2.05, 4.69) is 41.8 Å². The first-order chi connectivity index (χ1) is 11.8. The van der Waals surface area contributed by atoms with Gasteiger partial charge in [0.2, 0.25) is 10.0 Å². The molecule has 0 aliphatic carbocycles. The number of piperazine rings is 1. The van der Waals surface area contributed by atoms with Crippen LogP contribution in [0.1, 0.15) is 24.0 Å². The first-order valence-corrected chi connectivity index (χ1v) is 11.2. The van der Waals surface area contributed by atoms with Gasteiger partial charge < -0.3 is 4.90 Å². The van der Waals surface area contributed by atoms with Crippen molar-refractivity contribution in [2.75, 3.05) is 57.0 Å². The summed E-state index contributed by atoms with van der Waals surface area (Å²) in [5.74, 6) is 0.468. The molecular weight excluding hydrogens is 334 g/mol. The zero-order valence-electron chi connectivity index (χ0n) is 15.7. The van der Waals surface area contributed by atoms with Crippen LogP contribution in [0.4, 0.5) is 5.69 Å². The second-order valence-electron chi connectivity index (χ2n) is 7.64. The number of anilines is 1. The minimum absolute atomic E-state index is 0.468. The van der Waals surface area contributed by atoms with E-state index in [1.807, 2.05) is 0 Å². The van der Waals surface area contributed by atoms with Gasteiger partial charge in [0, 0.05) is 51.5 Å². The van der Waals surface area contributed by atoms with E-state index in [-0.39, 0.29) is 0 Å². The standard InChI is InChI=1S/C19H31N3O2S/c1-16-6-4-8-19(17(16)2)21-12-10-20(11-13-21)14-18-7-5-9-22(15-18)25(3,23)24/h4,6,8,18H,5,7,9-15H2,1-3H3. The summed E-state index contributed by atoms with van der Waals surface area (Å²) in [7, 11) is -3.05. The van der Waals surface area contributed by atoms with Crippen molar-refractivity contribution in [3.8, 4) is 0 Å². The molecule has 0 spiro atoms. The Kier molecular flexibility index (Phi) is 5.71. The minimum Gasteiger partial charge on any atom is -0.369 e. The lowest BCUT2D eigenvalue weighted by Crippen LogP contribution is -2.50. The van der Waals surface area contributed by atoms with Crippen molar-refractivity contribution in [1.82, 2.24) is 9.21 Å². The molecule has 6 heteroatoms. The Morgan fingerprint density at radius 2 is 1.80 bits per heavy atom. The summed E-state index contributed by atoms with van der Waals surface area (Å²) in [5.41, 5.74) is 4.09. The van der Waals surface area contributed by atoms with E-state index < -0.39 is 10.0 Å². The molecule has 0 N–H and O–H groups in total. The normalized spacial score (nSPS) is 23.8. The van der Waals surface area contributed by atoms with Crippen LogP contribution in [0.2, 0.25) is 0 Å². The first kappa shape index (κ1) is 18.7. The molecule has 2 heterocycles. The van der Waals surface area contributed by atoms with Crippen LogP contribution in [0.15, 0.2) is 18.2 Å². The summed E-state index contributed by atoms with van der Waals surface area (Å²) >= 11 is 0. The summed E-state index contributed by atoms with van der Waals surface area (Å²) in [5, 5.41) is 0. The van der Waals surface area contributed by atoms with Crippen LogP contribution in [-0.4, -0.2) is 69.7 Å². The highest BCUT2D eigenvalue weighted by atomic mass is 32.2. The fourth-order valence-corrected chi connectivity index (χ4v) is 5.03. The molecule has 2 aliphatic heterocycles. The molecule has 25 heavy (non-hydrogen) atoms. The summed E-state index contributed by atoms with van der Waals surface area (Å²) in [6.45, 7) is 11.0. The quantitative estimate of drug-likeness (QED) is 0.820. The van der Waals surface area contributed by atoms with Gasteiger partial charge in [0.15, 0.2) is 0 Å². The molecule has 2 aliphatic rings. The molecule has 1 unspecified atom stereocenters. The maximum absolute atomic E-state index is 11.8. The predicted molar refractivity (Wildman–Crippen MR) is 104 cm³/mol.